The van der Waals surface area contributed by atoms with Crippen LogP contribution < -0.4 is 0 Å². The summed E-state index contributed by atoms with van der Waals surface area (Å²) in [6, 6.07) is 7.38. The van der Waals surface area contributed by atoms with E-state index in [0.717, 1.165) is 69.7 Å². The van der Waals surface area contributed by atoms with Crippen LogP contribution in [0.5, 0.6) is 0 Å². The van der Waals surface area contributed by atoms with Gasteiger partial charge < -0.3 is 9.64 Å². The molecule has 5 rings (SSSR count). The quantitative estimate of drug-likeness (QED) is 0.576. The molecule has 35 heavy (non-hydrogen) atoms. The molecule has 2 fully saturated rings. The molecular formula is C29H40N4O2. The monoisotopic (exact) mass is 476 g/mol. The maximum atomic E-state index is 12.4. The van der Waals surface area contributed by atoms with Gasteiger partial charge in [-0.25, -0.2) is 14.8 Å². The second-order valence-corrected chi connectivity index (χ2v) is 11.7. The van der Waals surface area contributed by atoms with Gasteiger partial charge in [-0.2, -0.15) is 0 Å². The van der Waals surface area contributed by atoms with Crippen molar-refractivity contribution in [2.24, 2.45) is 5.41 Å². The van der Waals surface area contributed by atoms with Crippen LogP contribution in [0.4, 0.5) is 4.79 Å². The van der Waals surface area contributed by atoms with Crippen LogP contribution in [-0.4, -0.2) is 57.6 Å². The van der Waals surface area contributed by atoms with Crippen molar-refractivity contribution in [2.75, 3.05) is 26.2 Å². The lowest BCUT2D eigenvalue weighted by molar-refractivity contribution is -0.0716. The van der Waals surface area contributed by atoms with E-state index in [1.54, 1.807) is 0 Å². The molecule has 0 N–H and O–H groups in total. The summed E-state index contributed by atoms with van der Waals surface area (Å²) in [6.07, 6.45) is 8.22. The zero-order chi connectivity index (χ0) is 24.8. The predicted octanol–water partition coefficient (Wildman–Crippen LogP) is 5.59. The minimum Gasteiger partial charge on any atom is -0.444 e. The molecular weight excluding hydrogens is 436 g/mol. The number of hydrogen-bond acceptors (Lipinski definition) is 5. The summed E-state index contributed by atoms with van der Waals surface area (Å²) in [5, 5.41) is 0. The highest BCUT2D eigenvalue weighted by Gasteiger charge is 2.48. The highest BCUT2D eigenvalue weighted by molar-refractivity contribution is 5.68. The van der Waals surface area contributed by atoms with Crippen molar-refractivity contribution in [3.63, 3.8) is 0 Å². The van der Waals surface area contributed by atoms with Gasteiger partial charge >= 0.3 is 6.09 Å². The van der Waals surface area contributed by atoms with Crippen molar-refractivity contribution in [3.8, 4) is 11.4 Å². The van der Waals surface area contributed by atoms with Crippen LogP contribution in [-0.2, 0) is 24.0 Å². The maximum absolute atomic E-state index is 12.4. The van der Waals surface area contributed by atoms with Gasteiger partial charge in [-0.15, -0.1) is 0 Å². The van der Waals surface area contributed by atoms with E-state index in [-0.39, 0.29) is 6.09 Å². The fourth-order valence-electron chi connectivity index (χ4n) is 6.14. The SMILES string of the molecule is CCc1cnc(-c2ccc3c(c2)CC[C@H]3N2CC3(CCN(C(=O)OC(C)(C)C)CC3)C2)nc1CC. The fraction of sp³-hybridized carbons (Fsp3) is 0.621. The van der Waals surface area contributed by atoms with Gasteiger partial charge in [0.1, 0.15) is 5.60 Å². The summed E-state index contributed by atoms with van der Waals surface area (Å²) in [5.41, 5.74) is 6.42. The van der Waals surface area contributed by atoms with E-state index in [2.05, 4.69) is 41.9 Å². The fourth-order valence-corrected chi connectivity index (χ4v) is 6.14. The second-order valence-electron chi connectivity index (χ2n) is 11.7. The van der Waals surface area contributed by atoms with Crippen LogP contribution in [0.15, 0.2) is 24.4 Å². The number of hydrogen-bond donors (Lipinski definition) is 0. The molecule has 0 radical (unpaired) electrons. The molecule has 1 aromatic carbocycles. The molecule has 2 aromatic rings. The summed E-state index contributed by atoms with van der Waals surface area (Å²) >= 11 is 0. The Morgan fingerprint density at radius 2 is 1.89 bits per heavy atom. The molecule has 1 aromatic heterocycles. The molecule has 0 unspecified atom stereocenters. The van der Waals surface area contributed by atoms with Gasteiger partial charge in [-0.05, 0) is 87.5 Å². The van der Waals surface area contributed by atoms with E-state index in [0.29, 0.717) is 11.5 Å². The van der Waals surface area contributed by atoms with Crippen LogP contribution in [0.2, 0.25) is 0 Å². The molecule has 1 aliphatic carbocycles. The van der Waals surface area contributed by atoms with Crippen molar-refractivity contribution >= 4 is 6.09 Å². The Hall–Kier alpha value is -2.47. The topological polar surface area (TPSA) is 58.6 Å². The number of ether oxygens (including phenoxy) is 1. The average Bonchev–Trinajstić information content (AvgIpc) is 3.24. The Labute approximate surface area is 210 Å². The van der Waals surface area contributed by atoms with Gasteiger partial charge in [0.15, 0.2) is 5.82 Å². The number of amides is 1. The molecule has 1 spiro atoms. The first-order valence-corrected chi connectivity index (χ1v) is 13.4. The van der Waals surface area contributed by atoms with E-state index in [1.165, 1.54) is 28.8 Å². The lowest BCUT2D eigenvalue weighted by Gasteiger charge is -2.56. The van der Waals surface area contributed by atoms with Gasteiger partial charge in [-0.3, -0.25) is 4.90 Å². The van der Waals surface area contributed by atoms with Crippen LogP contribution in [0.25, 0.3) is 11.4 Å². The van der Waals surface area contributed by atoms with Crippen LogP contribution in [0.3, 0.4) is 0 Å². The van der Waals surface area contributed by atoms with Crippen molar-refractivity contribution in [2.45, 2.75) is 84.8 Å². The van der Waals surface area contributed by atoms with Crippen molar-refractivity contribution in [1.29, 1.82) is 0 Å². The number of benzene rings is 1. The van der Waals surface area contributed by atoms with E-state index < -0.39 is 5.60 Å². The second kappa shape index (κ2) is 9.20. The molecule has 6 heteroatoms. The summed E-state index contributed by atoms with van der Waals surface area (Å²) in [5.74, 6) is 0.852. The molecule has 0 saturated carbocycles. The molecule has 1 amide bonds. The first kappa shape index (κ1) is 24.2. The van der Waals surface area contributed by atoms with Crippen LogP contribution in [0.1, 0.15) is 82.3 Å². The third-order valence-corrected chi connectivity index (χ3v) is 8.11. The molecule has 2 aliphatic heterocycles. The number of carbonyl (C=O) groups is 1. The standard InChI is InChI=1S/C29H40N4O2/c1-6-20-17-30-26(31-24(20)7-2)22-8-10-23-21(16-22)9-11-25(23)33-18-29(19-33)12-14-32(15-13-29)27(34)35-28(3,4)5/h8,10,16-17,25H,6-7,9,11-15,18-19H2,1-5H3/t25-/m1/s1. The highest BCUT2D eigenvalue weighted by atomic mass is 16.6. The maximum Gasteiger partial charge on any atom is 0.410 e. The number of rotatable bonds is 4. The number of carbonyl (C=O) groups excluding carboxylic acids is 1. The largest absolute Gasteiger partial charge is 0.444 e. The van der Waals surface area contributed by atoms with Crippen molar-refractivity contribution in [1.82, 2.24) is 19.8 Å². The third-order valence-electron chi connectivity index (χ3n) is 8.11. The summed E-state index contributed by atoms with van der Waals surface area (Å²) < 4.78 is 5.57. The number of piperidine rings is 1. The third kappa shape index (κ3) is 4.82. The molecule has 1 atom stereocenters. The lowest BCUT2D eigenvalue weighted by Crippen LogP contribution is -2.61. The Morgan fingerprint density at radius 1 is 1.14 bits per heavy atom. The number of nitrogens with zero attached hydrogens (tertiary/aromatic N) is 4. The minimum absolute atomic E-state index is 0.163. The zero-order valence-electron chi connectivity index (χ0n) is 22.1. The zero-order valence-corrected chi connectivity index (χ0v) is 22.1. The summed E-state index contributed by atoms with van der Waals surface area (Å²) in [4.78, 5) is 26.5. The van der Waals surface area contributed by atoms with Crippen LogP contribution >= 0.6 is 0 Å². The number of aromatic nitrogens is 2. The molecule has 6 nitrogen and oxygen atoms in total. The average molecular weight is 477 g/mol. The minimum atomic E-state index is -0.432. The lowest BCUT2D eigenvalue weighted by atomic mass is 9.71. The molecule has 3 aliphatic rings. The Kier molecular flexibility index (Phi) is 6.37. The Morgan fingerprint density at radius 3 is 2.54 bits per heavy atom. The molecule has 2 saturated heterocycles. The summed E-state index contributed by atoms with van der Waals surface area (Å²) in [7, 11) is 0. The first-order valence-electron chi connectivity index (χ1n) is 13.4. The smallest absolute Gasteiger partial charge is 0.410 e. The Balaban J connectivity index is 1.21. The van der Waals surface area contributed by atoms with E-state index in [1.807, 2.05) is 31.9 Å². The predicted molar refractivity (Wildman–Crippen MR) is 138 cm³/mol. The van der Waals surface area contributed by atoms with Gasteiger partial charge in [0, 0.05) is 49.7 Å². The highest BCUT2D eigenvalue weighted by Crippen LogP contribution is 2.48. The van der Waals surface area contributed by atoms with E-state index >= 15 is 0 Å². The first-order chi connectivity index (χ1) is 16.7. The normalized spacial score (nSPS) is 21.6. The van der Waals surface area contributed by atoms with E-state index in [9.17, 15) is 4.79 Å². The molecule has 3 heterocycles. The number of fused-ring (bicyclic) bond motifs is 1. The molecule has 188 valence electrons. The Bertz CT molecular complexity index is 1090. The van der Waals surface area contributed by atoms with Crippen molar-refractivity contribution in [3.05, 3.63) is 46.8 Å². The van der Waals surface area contributed by atoms with Gasteiger partial charge in [0.25, 0.3) is 0 Å². The van der Waals surface area contributed by atoms with Gasteiger partial charge in [-0.1, -0.05) is 26.0 Å². The number of aryl methyl sites for hydroxylation is 3. The number of likely N-dealkylation sites (tertiary alicyclic amines) is 2. The van der Waals surface area contributed by atoms with Crippen LogP contribution in [0, 0.1) is 5.41 Å². The molecule has 0 bridgehead atoms. The summed E-state index contributed by atoms with van der Waals surface area (Å²) in [6.45, 7) is 14.0. The van der Waals surface area contributed by atoms with E-state index in [4.69, 9.17) is 9.72 Å². The van der Waals surface area contributed by atoms with Gasteiger partial charge in [0.05, 0.1) is 0 Å². The van der Waals surface area contributed by atoms with Crippen molar-refractivity contribution < 1.29 is 9.53 Å². The van der Waals surface area contributed by atoms with Gasteiger partial charge in [0.2, 0.25) is 0 Å².